The van der Waals surface area contributed by atoms with Crippen LogP contribution in [0.5, 0.6) is 0 Å². The van der Waals surface area contributed by atoms with Gasteiger partial charge in [-0.05, 0) is 25.7 Å². The summed E-state index contributed by atoms with van der Waals surface area (Å²) in [6.07, 6.45) is 3.44. The summed E-state index contributed by atoms with van der Waals surface area (Å²) in [5, 5.41) is 8.90. The van der Waals surface area contributed by atoms with Crippen molar-refractivity contribution in [1.82, 2.24) is 8.96 Å². The molecule has 1 aliphatic heterocycles. The smallest absolute Gasteiger partial charge is 0.308 e. The lowest BCUT2D eigenvalue weighted by Gasteiger charge is -2.31. The SMILES string of the molecule is CC.COC(=O)C1CCN(c2nc(CCCO)cn(SF)c2=O)CC1. The van der Waals surface area contributed by atoms with E-state index in [4.69, 9.17) is 9.84 Å². The quantitative estimate of drug-likeness (QED) is 0.761. The molecule has 0 atom stereocenters. The lowest BCUT2D eigenvalue weighted by atomic mass is 9.97. The molecule has 142 valence electrons. The van der Waals surface area contributed by atoms with E-state index in [9.17, 15) is 13.5 Å². The number of aromatic nitrogens is 2. The van der Waals surface area contributed by atoms with E-state index in [0.717, 1.165) is 3.97 Å². The highest BCUT2D eigenvalue weighted by Crippen LogP contribution is 2.22. The van der Waals surface area contributed by atoms with Gasteiger partial charge in [0.25, 0.3) is 0 Å². The summed E-state index contributed by atoms with van der Waals surface area (Å²) in [5.74, 6) is -0.230. The second kappa shape index (κ2) is 11.1. The average molecular weight is 375 g/mol. The Labute approximate surface area is 151 Å². The predicted octanol–water partition coefficient (Wildman–Crippen LogP) is 1.96. The first kappa shape index (κ1) is 21.4. The predicted molar refractivity (Wildman–Crippen MR) is 96.3 cm³/mol. The zero-order chi connectivity index (χ0) is 18.8. The van der Waals surface area contributed by atoms with Crippen molar-refractivity contribution in [3.8, 4) is 0 Å². The first-order valence-electron chi connectivity index (χ1n) is 8.46. The van der Waals surface area contributed by atoms with E-state index < -0.39 is 5.56 Å². The number of methoxy groups -OCH3 is 1. The normalized spacial score (nSPS) is 14.7. The van der Waals surface area contributed by atoms with Gasteiger partial charge >= 0.3 is 11.5 Å². The van der Waals surface area contributed by atoms with E-state index in [1.165, 1.54) is 13.3 Å². The molecule has 1 aromatic heterocycles. The number of aliphatic hydroxyl groups is 1. The highest BCUT2D eigenvalue weighted by atomic mass is 32.2. The van der Waals surface area contributed by atoms with Gasteiger partial charge in [-0.15, -0.1) is 3.89 Å². The molecular weight excluding hydrogens is 349 g/mol. The molecule has 25 heavy (non-hydrogen) atoms. The Morgan fingerprint density at radius 2 is 2.08 bits per heavy atom. The lowest BCUT2D eigenvalue weighted by Crippen LogP contribution is -2.40. The van der Waals surface area contributed by atoms with Crippen LogP contribution in [0.4, 0.5) is 9.70 Å². The molecule has 7 nitrogen and oxygen atoms in total. The molecule has 0 bridgehead atoms. The van der Waals surface area contributed by atoms with Gasteiger partial charge in [-0.1, -0.05) is 13.8 Å². The van der Waals surface area contributed by atoms with Crippen LogP contribution in [0.2, 0.25) is 0 Å². The average Bonchev–Trinajstić information content (AvgIpc) is 2.68. The maximum Gasteiger partial charge on any atom is 0.308 e. The fourth-order valence-electron chi connectivity index (χ4n) is 2.64. The van der Waals surface area contributed by atoms with Crippen molar-refractivity contribution >= 4 is 24.1 Å². The second-order valence-corrected chi connectivity index (χ2v) is 5.90. The van der Waals surface area contributed by atoms with Crippen LogP contribution in [0.15, 0.2) is 11.0 Å². The lowest BCUT2D eigenvalue weighted by molar-refractivity contribution is -0.146. The molecule has 0 spiro atoms. The minimum atomic E-state index is -0.512. The Kier molecular flexibility index (Phi) is 9.51. The molecule has 0 unspecified atom stereocenters. The van der Waals surface area contributed by atoms with Crippen LogP contribution in [-0.4, -0.2) is 46.8 Å². The topological polar surface area (TPSA) is 84.7 Å². The molecule has 9 heteroatoms. The first-order chi connectivity index (χ1) is 12.1. The summed E-state index contributed by atoms with van der Waals surface area (Å²) >= 11 is -0.169. The Hall–Kier alpha value is -1.61. The minimum absolute atomic E-state index is 0.00340. The number of esters is 1. The van der Waals surface area contributed by atoms with Gasteiger partial charge in [0.1, 0.15) is 0 Å². The summed E-state index contributed by atoms with van der Waals surface area (Å²) < 4.78 is 18.6. The number of carbonyl (C=O) groups is 1. The molecule has 2 heterocycles. The number of aliphatic hydroxyl groups excluding tert-OH is 1. The number of aryl methyl sites for hydroxylation is 1. The van der Waals surface area contributed by atoms with Crippen LogP contribution >= 0.6 is 12.3 Å². The van der Waals surface area contributed by atoms with Gasteiger partial charge in [-0.25, -0.2) is 8.96 Å². The van der Waals surface area contributed by atoms with Crippen LogP contribution in [0, 0.1) is 5.92 Å². The van der Waals surface area contributed by atoms with Gasteiger partial charge in [0.05, 0.1) is 18.7 Å². The number of hydrogen-bond donors (Lipinski definition) is 1. The largest absolute Gasteiger partial charge is 0.469 e. The Bertz CT molecular complexity index is 604. The summed E-state index contributed by atoms with van der Waals surface area (Å²) in [5.41, 5.74) is 0.0376. The van der Waals surface area contributed by atoms with Crippen LogP contribution in [0.3, 0.4) is 0 Å². The number of rotatable bonds is 6. The molecular formula is C16H26FN3O4S. The zero-order valence-electron chi connectivity index (χ0n) is 14.9. The molecule has 0 aliphatic carbocycles. The van der Waals surface area contributed by atoms with Crippen molar-refractivity contribution in [3.05, 3.63) is 22.2 Å². The number of nitrogens with zero attached hydrogens (tertiary/aromatic N) is 3. The van der Waals surface area contributed by atoms with E-state index in [1.807, 2.05) is 13.8 Å². The highest BCUT2D eigenvalue weighted by Gasteiger charge is 2.28. The van der Waals surface area contributed by atoms with Crippen LogP contribution in [-0.2, 0) is 16.0 Å². The van der Waals surface area contributed by atoms with Gasteiger partial charge in [0, 0.05) is 25.9 Å². The van der Waals surface area contributed by atoms with Crippen molar-refractivity contribution in [1.29, 1.82) is 0 Å². The van der Waals surface area contributed by atoms with E-state index in [-0.39, 0.29) is 36.6 Å². The third-order valence-electron chi connectivity index (χ3n) is 3.90. The maximum atomic E-state index is 13.0. The summed E-state index contributed by atoms with van der Waals surface area (Å²) in [6, 6.07) is 0. The van der Waals surface area contributed by atoms with E-state index >= 15 is 0 Å². The number of piperidine rings is 1. The van der Waals surface area contributed by atoms with Crippen molar-refractivity contribution in [3.63, 3.8) is 0 Å². The monoisotopic (exact) mass is 375 g/mol. The summed E-state index contributed by atoms with van der Waals surface area (Å²) in [7, 11) is 1.36. The standard InChI is InChI=1S/C14H20FN3O4S.C2H6/c1-22-14(21)10-4-6-17(7-5-10)12-13(20)18(23-15)9-11(16-12)3-2-8-19;1-2/h9-10,19H,2-8H2,1H3;1-2H3. The summed E-state index contributed by atoms with van der Waals surface area (Å²) in [6.45, 7) is 4.98. The van der Waals surface area contributed by atoms with Crippen LogP contribution < -0.4 is 10.5 Å². The van der Waals surface area contributed by atoms with Gasteiger partial charge in [-0.3, -0.25) is 9.59 Å². The Morgan fingerprint density at radius 1 is 1.44 bits per heavy atom. The van der Waals surface area contributed by atoms with Crippen LogP contribution in [0.25, 0.3) is 0 Å². The van der Waals surface area contributed by atoms with Gasteiger partial charge in [-0.2, -0.15) is 0 Å². The molecule has 0 aromatic carbocycles. The molecule has 1 N–H and O–H groups in total. The first-order valence-corrected chi connectivity index (χ1v) is 9.13. The van der Waals surface area contributed by atoms with Crippen molar-refractivity contribution < 1.29 is 18.5 Å². The van der Waals surface area contributed by atoms with Crippen molar-refractivity contribution in [2.45, 2.75) is 39.5 Å². The summed E-state index contributed by atoms with van der Waals surface area (Å²) in [4.78, 5) is 29.9. The molecule has 1 aromatic rings. The molecule has 2 rings (SSSR count). The Morgan fingerprint density at radius 3 is 2.60 bits per heavy atom. The number of ether oxygens (including phenoxy) is 1. The zero-order valence-corrected chi connectivity index (χ0v) is 15.7. The van der Waals surface area contributed by atoms with E-state index in [2.05, 4.69) is 4.98 Å². The maximum absolute atomic E-state index is 13.0. The van der Waals surface area contributed by atoms with Gasteiger partial charge in [0.2, 0.25) is 0 Å². The molecule has 1 fully saturated rings. The fourth-order valence-corrected chi connectivity index (χ4v) is 2.94. The second-order valence-electron chi connectivity index (χ2n) is 5.37. The minimum Gasteiger partial charge on any atom is -0.469 e. The molecule has 0 radical (unpaired) electrons. The van der Waals surface area contributed by atoms with Crippen molar-refractivity contribution in [2.75, 3.05) is 31.7 Å². The number of halogens is 1. The Balaban J connectivity index is 0.00000151. The molecule has 0 amide bonds. The van der Waals surface area contributed by atoms with Crippen LogP contribution in [0.1, 0.15) is 38.8 Å². The highest BCUT2D eigenvalue weighted by molar-refractivity contribution is 7.92. The number of hydrogen-bond acceptors (Lipinski definition) is 7. The number of carbonyl (C=O) groups excluding carboxylic acids is 1. The third kappa shape index (κ3) is 5.71. The molecule has 1 aliphatic rings. The molecule has 1 saturated heterocycles. The molecule has 0 saturated carbocycles. The fraction of sp³-hybridized carbons (Fsp3) is 0.688. The van der Waals surface area contributed by atoms with E-state index in [1.54, 1.807) is 4.90 Å². The van der Waals surface area contributed by atoms with Gasteiger partial charge < -0.3 is 14.7 Å². The third-order valence-corrected chi connectivity index (χ3v) is 4.32. The van der Waals surface area contributed by atoms with Gasteiger partial charge in [0.15, 0.2) is 18.2 Å². The number of anilines is 1. The van der Waals surface area contributed by atoms with Crippen molar-refractivity contribution in [2.24, 2.45) is 5.92 Å². The van der Waals surface area contributed by atoms with E-state index in [0.29, 0.717) is 44.5 Å².